The van der Waals surface area contributed by atoms with Crippen molar-refractivity contribution in [3.8, 4) is 0 Å². The van der Waals surface area contributed by atoms with Crippen LogP contribution in [0.5, 0.6) is 0 Å². The number of hydrogen-bond donors (Lipinski definition) is 0. The standard InChI is InChI=1S/C20H24N4OS/c1-2-8-19-18(7-1)21-20-23(13-16-5-3-11-25-16)14-22(15-24(19)20)10-9-17-6-4-12-26-17/h1-2,4,6-8,12,16H,3,5,9-11,13-15H2/t16-/m0/s1. The summed E-state index contributed by atoms with van der Waals surface area (Å²) >= 11 is 1.85. The van der Waals surface area contributed by atoms with Gasteiger partial charge in [-0.25, -0.2) is 4.98 Å². The minimum atomic E-state index is 0.334. The number of aromatic nitrogens is 2. The van der Waals surface area contributed by atoms with Crippen LogP contribution in [0.25, 0.3) is 11.0 Å². The van der Waals surface area contributed by atoms with Crippen molar-refractivity contribution in [3.63, 3.8) is 0 Å². The van der Waals surface area contributed by atoms with Gasteiger partial charge in [-0.1, -0.05) is 18.2 Å². The molecule has 6 heteroatoms. The Morgan fingerprint density at radius 2 is 2.12 bits per heavy atom. The van der Waals surface area contributed by atoms with Crippen LogP contribution in [0.1, 0.15) is 17.7 Å². The topological polar surface area (TPSA) is 33.5 Å². The maximum Gasteiger partial charge on any atom is 0.208 e. The molecule has 1 saturated heterocycles. The SMILES string of the molecule is c1csc(CCN2CN(C[C@@H]3CCCO3)c3nc4ccccc4n3C2)c1. The Morgan fingerprint density at radius 3 is 2.96 bits per heavy atom. The monoisotopic (exact) mass is 368 g/mol. The van der Waals surface area contributed by atoms with Crippen LogP contribution < -0.4 is 4.90 Å². The molecule has 4 heterocycles. The van der Waals surface area contributed by atoms with Crippen LogP contribution in [0.2, 0.25) is 0 Å². The lowest BCUT2D eigenvalue weighted by atomic mass is 10.2. The third-order valence-corrected chi connectivity index (χ3v) is 6.27. The summed E-state index contributed by atoms with van der Waals surface area (Å²) in [4.78, 5) is 11.3. The van der Waals surface area contributed by atoms with Crippen LogP contribution >= 0.6 is 11.3 Å². The fourth-order valence-corrected chi connectivity index (χ4v) is 4.73. The number of anilines is 1. The van der Waals surface area contributed by atoms with Gasteiger partial charge in [0, 0.05) is 24.6 Å². The first-order valence-corrected chi connectivity index (χ1v) is 10.3. The molecular formula is C20H24N4OS. The molecule has 0 spiro atoms. The first-order valence-electron chi connectivity index (χ1n) is 9.43. The highest BCUT2D eigenvalue weighted by molar-refractivity contribution is 7.09. The molecule has 0 radical (unpaired) electrons. The van der Waals surface area contributed by atoms with Gasteiger partial charge < -0.3 is 9.64 Å². The van der Waals surface area contributed by atoms with Gasteiger partial charge in [0.2, 0.25) is 5.95 Å². The van der Waals surface area contributed by atoms with E-state index < -0.39 is 0 Å². The van der Waals surface area contributed by atoms with Gasteiger partial charge in [-0.3, -0.25) is 9.47 Å². The third-order valence-electron chi connectivity index (χ3n) is 5.33. The summed E-state index contributed by atoms with van der Waals surface area (Å²) in [5.41, 5.74) is 2.31. The van der Waals surface area contributed by atoms with Crippen LogP contribution in [0, 0.1) is 0 Å². The molecule has 3 aromatic rings. The molecule has 0 amide bonds. The van der Waals surface area contributed by atoms with Crippen molar-refractivity contribution >= 4 is 28.3 Å². The van der Waals surface area contributed by atoms with Gasteiger partial charge in [0.05, 0.1) is 30.5 Å². The van der Waals surface area contributed by atoms with E-state index in [9.17, 15) is 0 Å². The van der Waals surface area contributed by atoms with Crippen molar-refractivity contribution < 1.29 is 4.74 Å². The summed E-state index contributed by atoms with van der Waals surface area (Å²) in [5, 5.41) is 2.16. The van der Waals surface area contributed by atoms with E-state index in [1.54, 1.807) is 0 Å². The van der Waals surface area contributed by atoms with Crippen molar-refractivity contribution in [1.29, 1.82) is 0 Å². The van der Waals surface area contributed by atoms with Crippen LogP contribution in [-0.2, 0) is 17.8 Å². The Kier molecular flexibility index (Phi) is 4.40. The highest BCUT2D eigenvalue weighted by Crippen LogP contribution is 2.28. The largest absolute Gasteiger partial charge is 0.376 e. The van der Waals surface area contributed by atoms with Crippen LogP contribution in [-0.4, -0.2) is 46.9 Å². The van der Waals surface area contributed by atoms with Gasteiger partial charge >= 0.3 is 0 Å². The normalized spacial score (nSPS) is 20.8. The Balaban J connectivity index is 1.41. The van der Waals surface area contributed by atoms with Gasteiger partial charge in [-0.2, -0.15) is 0 Å². The van der Waals surface area contributed by atoms with Crippen molar-refractivity contribution in [1.82, 2.24) is 14.5 Å². The Bertz CT molecular complexity index is 869. The van der Waals surface area contributed by atoms with Crippen molar-refractivity contribution in [2.24, 2.45) is 0 Å². The highest BCUT2D eigenvalue weighted by atomic mass is 32.1. The van der Waals surface area contributed by atoms with E-state index >= 15 is 0 Å². The summed E-state index contributed by atoms with van der Waals surface area (Å²) in [7, 11) is 0. The van der Waals surface area contributed by atoms with E-state index in [2.05, 4.69) is 56.1 Å². The molecule has 26 heavy (non-hydrogen) atoms. The quantitative estimate of drug-likeness (QED) is 0.690. The molecule has 2 aliphatic heterocycles. The molecular weight excluding hydrogens is 344 g/mol. The predicted molar refractivity (Wildman–Crippen MR) is 106 cm³/mol. The van der Waals surface area contributed by atoms with Crippen LogP contribution in [0.15, 0.2) is 41.8 Å². The molecule has 0 N–H and O–H groups in total. The van der Waals surface area contributed by atoms with Gasteiger partial charge in [0.1, 0.15) is 0 Å². The lowest BCUT2D eigenvalue weighted by molar-refractivity contribution is 0.107. The molecule has 5 rings (SSSR count). The first-order chi connectivity index (χ1) is 12.9. The van der Waals surface area contributed by atoms with Crippen molar-refractivity contribution in [3.05, 3.63) is 46.7 Å². The first kappa shape index (κ1) is 16.3. The minimum Gasteiger partial charge on any atom is -0.376 e. The third kappa shape index (κ3) is 3.13. The van der Waals surface area contributed by atoms with Crippen LogP contribution in [0.3, 0.4) is 0 Å². The van der Waals surface area contributed by atoms with E-state index in [0.717, 1.165) is 57.3 Å². The van der Waals surface area contributed by atoms with E-state index in [4.69, 9.17) is 9.72 Å². The second kappa shape index (κ2) is 7.02. The molecule has 1 atom stereocenters. The second-order valence-corrected chi connectivity index (χ2v) is 8.22. The van der Waals surface area contributed by atoms with E-state index in [1.165, 1.54) is 16.8 Å². The maximum absolute atomic E-state index is 5.90. The van der Waals surface area contributed by atoms with Crippen molar-refractivity contribution in [2.75, 3.05) is 31.3 Å². The van der Waals surface area contributed by atoms with Crippen LogP contribution in [0.4, 0.5) is 5.95 Å². The number of imidazole rings is 1. The lowest BCUT2D eigenvalue weighted by Crippen LogP contribution is -2.48. The predicted octanol–water partition coefficient (Wildman–Crippen LogP) is 3.56. The molecule has 1 aromatic carbocycles. The molecule has 0 unspecified atom stereocenters. The second-order valence-electron chi connectivity index (χ2n) is 7.19. The summed E-state index contributed by atoms with van der Waals surface area (Å²) in [6, 6.07) is 12.8. The van der Waals surface area contributed by atoms with Gasteiger partial charge in [-0.15, -0.1) is 11.3 Å². The summed E-state index contributed by atoms with van der Waals surface area (Å²) < 4.78 is 8.27. The lowest BCUT2D eigenvalue weighted by Gasteiger charge is -2.38. The molecule has 2 aromatic heterocycles. The number of fused-ring (bicyclic) bond motifs is 3. The Hall–Kier alpha value is -1.89. The maximum atomic E-state index is 5.90. The zero-order valence-corrected chi connectivity index (χ0v) is 15.7. The highest BCUT2D eigenvalue weighted by Gasteiger charge is 2.29. The van der Waals surface area contributed by atoms with E-state index in [1.807, 2.05) is 11.3 Å². The Labute approximate surface area is 157 Å². The molecule has 136 valence electrons. The minimum absolute atomic E-state index is 0.334. The number of hydrogen-bond acceptors (Lipinski definition) is 5. The number of thiophene rings is 1. The summed E-state index contributed by atoms with van der Waals surface area (Å²) in [6.45, 7) is 4.72. The molecule has 0 bridgehead atoms. The zero-order valence-electron chi connectivity index (χ0n) is 14.9. The molecule has 2 aliphatic rings. The molecule has 0 saturated carbocycles. The fourth-order valence-electron chi connectivity index (χ4n) is 4.03. The molecule has 5 nitrogen and oxygen atoms in total. The zero-order chi connectivity index (χ0) is 17.3. The molecule has 1 fully saturated rings. The average Bonchev–Trinajstić information content (AvgIpc) is 3.41. The number of para-hydroxylation sites is 2. The Morgan fingerprint density at radius 1 is 1.15 bits per heavy atom. The van der Waals surface area contributed by atoms with E-state index in [0.29, 0.717) is 6.10 Å². The number of rotatable bonds is 5. The summed E-state index contributed by atoms with van der Waals surface area (Å²) in [6.07, 6.45) is 3.77. The molecule has 0 aliphatic carbocycles. The average molecular weight is 369 g/mol. The van der Waals surface area contributed by atoms with Gasteiger partial charge in [-0.05, 0) is 42.8 Å². The van der Waals surface area contributed by atoms with Gasteiger partial charge in [0.25, 0.3) is 0 Å². The number of benzene rings is 1. The fraction of sp³-hybridized carbons (Fsp3) is 0.450. The number of ether oxygens (including phenoxy) is 1. The van der Waals surface area contributed by atoms with E-state index in [-0.39, 0.29) is 0 Å². The van der Waals surface area contributed by atoms with Gasteiger partial charge in [0.15, 0.2) is 0 Å². The number of nitrogens with zero attached hydrogens (tertiary/aromatic N) is 4. The van der Waals surface area contributed by atoms with Crippen molar-refractivity contribution in [2.45, 2.75) is 32.0 Å². The smallest absolute Gasteiger partial charge is 0.208 e. The summed E-state index contributed by atoms with van der Waals surface area (Å²) in [5.74, 6) is 1.09.